The smallest absolute Gasteiger partial charge is 0.269 e. The average molecular weight is 349 g/mol. The predicted octanol–water partition coefficient (Wildman–Crippen LogP) is 4.06. The van der Waals surface area contributed by atoms with Crippen molar-refractivity contribution in [2.45, 2.75) is 0 Å². The summed E-state index contributed by atoms with van der Waals surface area (Å²) in [6.07, 6.45) is 1.54. The van der Waals surface area contributed by atoms with Gasteiger partial charge in [-0.2, -0.15) is 0 Å². The molecule has 0 aliphatic rings. The van der Waals surface area contributed by atoms with Crippen molar-refractivity contribution >= 4 is 35.1 Å². The van der Waals surface area contributed by atoms with Crippen LogP contribution < -0.4 is 0 Å². The summed E-state index contributed by atoms with van der Waals surface area (Å²) in [5.74, 6) is -0.167. The lowest BCUT2D eigenvalue weighted by atomic mass is 10.2. The summed E-state index contributed by atoms with van der Waals surface area (Å²) in [6, 6.07) is 9.65. The van der Waals surface area contributed by atoms with Crippen LogP contribution in [0.1, 0.15) is 5.56 Å². The van der Waals surface area contributed by atoms with E-state index in [1.54, 1.807) is 31.1 Å². The van der Waals surface area contributed by atoms with E-state index in [0.29, 0.717) is 17.1 Å². The first-order valence-corrected chi connectivity index (χ1v) is 7.24. The minimum atomic E-state index is -0.486. The Morgan fingerprint density at radius 3 is 2.46 bits per heavy atom. The number of halogens is 2. The average Bonchev–Trinajstić information content (AvgIpc) is 2.53. The molecule has 0 aliphatic heterocycles. The molecule has 0 bridgehead atoms. The van der Waals surface area contributed by atoms with E-state index in [9.17, 15) is 14.5 Å². The molecule has 24 heavy (non-hydrogen) atoms. The van der Waals surface area contributed by atoms with Gasteiger partial charge < -0.3 is 4.90 Å². The molecule has 0 saturated carbocycles. The zero-order chi connectivity index (χ0) is 17.7. The van der Waals surface area contributed by atoms with Gasteiger partial charge in [0.2, 0.25) is 0 Å². The van der Waals surface area contributed by atoms with E-state index in [-0.39, 0.29) is 10.7 Å². The minimum absolute atomic E-state index is 0.0329. The molecule has 2 rings (SSSR count). The molecule has 0 N–H and O–H groups in total. The molecule has 2 aromatic carbocycles. The first kappa shape index (κ1) is 17.6. The standard InChI is InChI=1S/C16H14ClFN4O2/c1-21(2)10-19-16(11-3-6-13(7-4-11)22(23)24)20-15-8-5-12(18)9-14(15)17/h3-10H,1-2H3. The molecule has 0 aromatic heterocycles. The topological polar surface area (TPSA) is 71.1 Å². The molecule has 0 unspecified atom stereocenters. The van der Waals surface area contributed by atoms with Crippen molar-refractivity contribution in [3.63, 3.8) is 0 Å². The van der Waals surface area contributed by atoms with Gasteiger partial charge in [-0.1, -0.05) is 11.6 Å². The molecule has 0 radical (unpaired) electrons. The van der Waals surface area contributed by atoms with Crippen LogP contribution in [0.2, 0.25) is 5.02 Å². The number of hydrogen-bond acceptors (Lipinski definition) is 3. The maximum atomic E-state index is 13.1. The molecule has 0 atom stereocenters. The Hall–Kier alpha value is -2.80. The minimum Gasteiger partial charge on any atom is -0.369 e. The predicted molar refractivity (Wildman–Crippen MR) is 92.9 cm³/mol. The Labute approximate surface area is 143 Å². The summed E-state index contributed by atoms with van der Waals surface area (Å²) in [7, 11) is 3.59. The summed E-state index contributed by atoms with van der Waals surface area (Å²) in [5, 5.41) is 10.9. The highest BCUT2D eigenvalue weighted by Crippen LogP contribution is 2.26. The summed E-state index contributed by atoms with van der Waals surface area (Å²) in [4.78, 5) is 20.6. The zero-order valence-electron chi connectivity index (χ0n) is 13.0. The van der Waals surface area contributed by atoms with Gasteiger partial charge in [-0.25, -0.2) is 14.4 Å². The van der Waals surface area contributed by atoms with E-state index < -0.39 is 10.7 Å². The molecule has 6 nitrogen and oxygen atoms in total. The molecule has 8 heteroatoms. The van der Waals surface area contributed by atoms with Crippen LogP contribution >= 0.6 is 11.6 Å². The second-order valence-corrected chi connectivity index (χ2v) is 5.45. The van der Waals surface area contributed by atoms with Gasteiger partial charge in [-0.05, 0) is 30.3 Å². The Bertz CT molecular complexity index is 804. The fourth-order valence-electron chi connectivity index (χ4n) is 1.76. The van der Waals surface area contributed by atoms with Crippen molar-refractivity contribution in [2.24, 2.45) is 9.98 Å². The monoisotopic (exact) mass is 348 g/mol. The molecule has 0 heterocycles. The Balaban J connectivity index is 2.47. The van der Waals surface area contributed by atoms with Crippen LogP contribution in [0.25, 0.3) is 0 Å². The first-order valence-electron chi connectivity index (χ1n) is 6.86. The summed E-state index contributed by atoms with van der Waals surface area (Å²) < 4.78 is 13.1. The third-order valence-electron chi connectivity index (χ3n) is 2.88. The Morgan fingerprint density at radius 1 is 1.25 bits per heavy atom. The fraction of sp³-hybridized carbons (Fsp3) is 0.125. The SMILES string of the molecule is CN(C)C=NC(=Nc1ccc(F)cc1Cl)c1ccc([N+](=O)[O-])cc1. The number of benzene rings is 2. The van der Waals surface area contributed by atoms with E-state index in [0.717, 1.165) is 6.07 Å². The van der Waals surface area contributed by atoms with Crippen molar-refractivity contribution in [3.05, 3.63) is 69.0 Å². The molecule has 0 spiro atoms. The number of nitro groups is 1. The van der Waals surface area contributed by atoms with Gasteiger partial charge >= 0.3 is 0 Å². The summed E-state index contributed by atoms with van der Waals surface area (Å²) >= 11 is 5.99. The van der Waals surface area contributed by atoms with Crippen molar-refractivity contribution < 1.29 is 9.31 Å². The van der Waals surface area contributed by atoms with Crippen LogP contribution in [0.3, 0.4) is 0 Å². The number of aliphatic imine (C=N–C) groups is 2. The molecular weight excluding hydrogens is 335 g/mol. The van der Waals surface area contributed by atoms with E-state index in [4.69, 9.17) is 11.6 Å². The largest absolute Gasteiger partial charge is 0.369 e. The highest BCUT2D eigenvalue weighted by atomic mass is 35.5. The molecule has 2 aromatic rings. The first-order chi connectivity index (χ1) is 11.4. The number of rotatable bonds is 4. The van der Waals surface area contributed by atoms with Crippen molar-refractivity contribution in [1.82, 2.24) is 4.90 Å². The Kier molecular flexibility index (Phi) is 5.59. The van der Waals surface area contributed by atoms with E-state index in [1.807, 2.05) is 0 Å². The van der Waals surface area contributed by atoms with Crippen LogP contribution in [0.5, 0.6) is 0 Å². The highest BCUT2D eigenvalue weighted by Gasteiger charge is 2.09. The van der Waals surface area contributed by atoms with Gasteiger partial charge in [0.15, 0.2) is 5.84 Å². The summed E-state index contributed by atoms with van der Waals surface area (Å²) in [6.45, 7) is 0. The van der Waals surface area contributed by atoms with Gasteiger partial charge in [-0.15, -0.1) is 0 Å². The van der Waals surface area contributed by atoms with Gasteiger partial charge in [0.1, 0.15) is 5.82 Å². The number of non-ortho nitro benzene ring substituents is 1. The number of nitro benzene ring substituents is 1. The molecule has 0 amide bonds. The molecule has 0 saturated heterocycles. The van der Waals surface area contributed by atoms with Gasteiger partial charge in [0, 0.05) is 31.8 Å². The molecule has 0 aliphatic carbocycles. The number of hydrogen-bond donors (Lipinski definition) is 0. The van der Waals surface area contributed by atoms with Crippen LogP contribution in [0.4, 0.5) is 15.8 Å². The molecule has 0 fully saturated rings. The lowest BCUT2D eigenvalue weighted by Crippen LogP contribution is -2.10. The maximum absolute atomic E-state index is 13.1. The number of nitrogens with zero attached hydrogens (tertiary/aromatic N) is 4. The highest BCUT2D eigenvalue weighted by molar-refractivity contribution is 6.33. The van der Waals surface area contributed by atoms with E-state index >= 15 is 0 Å². The van der Waals surface area contributed by atoms with Crippen LogP contribution in [0, 0.1) is 15.9 Å². The van der Waals surface area contributed by atoms with Gasteiger partial charge in [0.05, 0.1) is 22.0 Å². The number of amidine groups is 1. The quantitative estimate of drug-likeness (QED) is 0.362. The van der Waals surface area contributed by atoms with Gasteiger partial charge in [0.25, 0.3) is 5.69 Å². The van der Waals surface area contributed by atoms with Gasteiger partial charge in [-0.3, -0.25) is 10.1 Å². The summed E-state index contributed by atoms with van der Waals surface area (Å²) in [5.41, 5.74) is 0.885. The lowest BCUT2D eigenvalue weighted by molar-refractivity contribution is -0.384. The zero-order valence-corrected chi connectivity index (χ0v) is 13.7. The van der Waals surface area contributed by atoms with E-state index in [2.05, 4.69) is 9.98 Å². The third kappa shape index (κ3) is 4.60. The van der Waals surface area contributed by atoms with Crippen LogP contribution in [0.15, 0.2) is 52.4 Å². The van der Waals surface area contributed by atoms with Crippen molar-refractivity contribution in [3.8, 4) is 0 Å². The fourth-order valence-corrected chi connectivity index (χ4v) is 1.97. The normalized spacial score (nSPS) is 11.8. The lowest BCUT2D eigenvalue weighted by Gasteiger charge is -2.06. The third-order valence-corrected chi connectivity index (χ3v) is 3.19. The van der Waals surface area contributed by atoms with Crippen molar-refractivity contribution in [2.75, 3.05) is 14.1 Å². The second kappa shape index (κ2) is 7.65. The van der Waals surface area contributed by atoms with E-state index in [1.165, 1.54) is 30.6 Å². The van der Waals surface area contributed by atoms with Crippen molar-refractivity contribution in [1.29, 1.82) is 0 Å². The van der Waals surface area contributed by atoms with Crippen LogP contribution in [-0.2, 0) is 0 Å². The second-order valence-electron chi connectivity index (χ2n) is 5.04. The Morgan fingerprint density at radius 2 is 1.92 bits per heavy atom. The maximum Gasteiger partial charge on any atom is 0.269 e. The molecular formula is C16H14ClFN4O2. The molecule has 124 valence electrons. The van der Waals surface area contributed by atoms with Crippen LogP contribution in [-0.4, -0.2) is 36.1 Å².